The summed E-state index contributed by atoms with van der Waals surface area (Å²) < 4.78 is 6.22. The van der Waals surface area contributed by atoms with E-state index in [2.05, 4.69) is 81.1 Å². The first-order valence-corrected chi connectivity index (χ1v) is 13.2. The number of hydrogen-bond acceptors (Lipinski definition) is 5. The number of benzene rings is 2. The van der Waals surface area contributed by atoms with Crippen molar-refractivity contribution in [3.05, 3.63) is 83.4 Å². The van der Waals surface area contributed by atoms with Crippen LogP contribution in [-0.4, -0.2) is 33.6 Å². The SMILES string of the molecule is COC1CC2(c3ccccc3)CCC1(CCC[C@H](c1ccccc1)c1cc(N)nc3n[nH]nc13)CC2. The monoisotopic (exact) mass is 481 g/mol. The molecule has 3 saturated carbocycles. The molecule has 6 nitrogen and oxygen atoms in total. The van der Waals surface area contributed by atoms with E-state index in [4.69, 9.17) is 10.5 Å². The highest BCUT2D eigenvalue weighted by Crippen LogP contribution is 2.60. The maximum absolute atomic E-state index is 6.22. The second-order valence-electron chi connectivity index (χ2n) is 10.9. The molecule has 2 heterocycles. The second kappa shape index (κ2) is 9.32. The van der Waals surface area contributed by atoms with Gasteiger partial charge in [0.1, 0.15) is 11.3 Å². The molecule has 0 radical (unpaired) electrons. The number of nitrogen functional groups attached to an aromatic ring is 1. The summed E-state index contributed by atoms with van der Waals surface area (Å²) in [6, 6.07) is 23.8. The fourth-order valence-electron chi connectivity index (χ4n) is 7.26. The first-order valence-electron chi connectivity index (χ1n) is 13.2. The second-order valence-corrected chi connectivity index (χ2v) is 10.9. The minimum Gasteiger partial charge on any atom is -0.384 e. The summed E-state index contributed by atoms with van der Waals surface area (Å²) >= 11 is 0. The molecule has 6 heteroatoms. The molecule has 186 valence electrons. The molecule has 2 atom stereocenters. The van der Waals surface area contributed by atoms with Crippen molar-refractivity contribution >= 4 is 17.0 Å². The Balaban J connectivity index is 1.24. The normalized spacial score (nSPS) is 26.3. The van der Waals surface area contributed by atoms with Crippen molar-refractivity contribution < 1.29 is 4.74 Å². The van der Waals surface area contributed by atoms with Gasteiger partial charge < -0.3 is 10.5 Å². The first-order chi connectivity index (χ1) is 17.6. The van der Waals surface area contributed by atoms with Crippen molar-refractivity contribution in [3.8, 4) is 0 Å². The number of anilines is 1. The number of nitrogens with one attached hydrogen (secondary N) is 1. The number of hydrogen-bond donors (Lipinski definition) is 2. The quantitative estimate of drug-likeness (QED) is 0.315. The average Bonchev–Trinajstić information content (AvgIpc) is 3.41. The summed E-state index contributed by atoms with van der Waals surface area (Å²) in [5.74, 6) is 0.680. The first kappa shape index (κ1) is 23.2. The highest BCUT2D eigenvalue weighted by atomic mass is 16.5. The maximum Gasteiger partial charge on any atom is 0.203 e. The minimum atomic E-state index is 0.192. The number of aromatic amines is 1. The van der Waals surface area contributed by atoms with Crippen molar-refractivity contribution in [1.29, 1.82) is 0 Å². The predicted octanol–water partition coefficient (Wildman–Crippen LogP) is 6.15. The van der Waals surface area contributed by atoms with E-state index in [0.29, 0.717) is 17.6 Å². The molecule has 2 bridgehead atoms. The fourth-order valence-corrected chi connectivity index (χ4v) is 7.26. The van der Waals surface area contributed by atoms with Crippen molar-refractivity contribution in [2.75, 3.05) is 12.8 Å². The van der Waals surface area contributed by atoms with Crippen LogP contribution in [0.25, 0.3) is 11.2 Å². The molecule has 0 aliphatic heterocycles. The van der Waals surface area contributed by atoms with Crippen LogP contribution in [0, 0.1) is 5.41 Å². The molecule has 4 aromatic rings. The van der Waals surface area contributed by atoms with Crippen LogP contribution in [0.3, 0.4) is 0 Å². The van der Waals surface area contributed by atoms with Gasteiger partial charge in [-0.05, 0) is 78.5 Å². The van der Waals surface area contributed by atoms with E-state index >= 15 is 0 Å². The predicted molar refractivity (Wildman–Crippen MR) is 143 cm³/mol. The Labute approximate surface area is 212 Å². The zero-order chi connectivity index (χ0) is 24.6. The lowest BCUT2D eigenvalue weighted by Crippen LogP contribution is -2.53. The number of H-pyrrole nitrogens is 1. The molecule has 3 aliphatic carbocycles. The average molecular weight is 482 g/mol. The van der Waals surface area contributed by atoms with Crippen molar-refractivity contribution in [2.45, 2.75) is 68.8 Å². The highest BCUT2D eigenvalue weighted by molar-refractivity contribution is 5.77. The summed E-state index contributed by atoms with van der Waals surface area (Å²) in [6.45, 7) is 0. The topological polar surface area (TPSA) is 89.7 Å². The van der Waals surface area contributed by atoms with Crippen LogP contribution in [0.2, 0.25) is 0 Å². The Hall–Kier alpha value is -3.25. The standard InChI is InChI=1S/C30H35N5O/c1-36-25-20-30(22-11-6-3-7-12-22)17-15-29(25,16-18-30)14-8-13-23(21-9-4-2-5-10-21)24-19-26(31)32-28-27(24)33-35-34-28/h2-7,9-12,19,23,25H,8,13-18,20H2,1H3,(H3,31,32,33,34,35)/t23-,25?,29?,30?/m1/s1. The Morgan fingerprint density at radius 2 is 1.72 bits per heavy atom. The fraction of sp³-hybridized carbons (Fsp3) is 0.433. The lowest BCUT2D eigenvalue weighted by molar-refractivity contribution is -0.113. The number of nitrogens with zero attached hydrogens (tertiary/aromatic N) is 3. The molecule has 0 spiro atoms. The Bertz CT molecular complexity index is 1310. The molecule has 2 aromatic heterocycles. The summed E-state index contributed by atoms with van der Waals surface area (Å²) in [5, 5.41) is 11.4. The van der Waals surface area contributed by atoms with Gasteiger partial charge in [0.25, 0.3) is 0 Å². The molecule has 3 fully saturated rings. The molecule has 36 heavy (non-hydrogen) atoms. The van der Waals surface area contributed by atoms with Crippen LogP contribution in [-0.2, 0) is 10.2 Å². The van der Waals surface area contributed by atoms with E-state index in [1.165, 1.54) is 43.2 Å². The van der Waals surface area contributed by atoms with Crippen molar-refractivity contribution in [1.82, 2.24) is 20.4 Å². The summed E-state index contributed by atoms with van der Waals surface area (Å²) in [4.78, 5) is 4.36. The number of nitrogens with two attached hydrogens (primary N) is 1. The molecule has 3 N–H and O–H groups in total. The number of ether oxygens (including phenoxy) is 1. The molecule has 7 rings (SSSR count). The maximum atomic E-state index is 6.22. The molecule has 0 saturated heterocycles. The van der Waals surface area contributed by atoms with Crippen LogP contribution < -0.4 is 5.73 Å². The van der Waals surface area contributed by atoms with Crippen LogP contribution >= 0.6 is 0 Å². The third kappa shape index (κ3) is 3.97. The van der Waals surface area contributed by atoms with Gasteiger partial charge in [0.05, 0.1) is 6.10 Å². The molecule has 1 unspecified atom stereocenters. The Morgan fingerprint density at radius 1 is 1.00 bits per heavy atom. The lowest BCUT2D eigenvalue weighted by atomic mass is 9.49. The number of rotatable bonds is 8. The van der Waals surface area contributed by atoms with Crippen LogP contribution in [0.5, 0.6) is 0 Å². The third-order valence-electron chi connectivity index (χ3n) is 9.22. The minimum absolute atomic E-state index is 0.192. The molecule has 2 aromatic carbocycles. The van der Waals surface area contributed by atoms with Gasteiger partial charge in [0, 0.05) is 13.0 Å². The van der Waals surface area contributed by atoms with Gasteiger partial charge in [-0.2, -0.15) is 10.3 Å². The number of pyridine rings is 1. The van der Waals surface area contributed by atoms with Crippen LogP contribution in [0.4, 0.5) is 5.82 Å². The van der Waals surface area contributed by atoms with Crippen LogP contribution in [0.15, 0.2) is 66.7 Å². The Kier molecular flexibility index (Phi) is 6.00. The number of methoxy groups -OCH3 is 1. The summed E-state index contributed by atoms with van der Waals surface area (Å²) in [5.41, 5.74) is 12.0. The van der Waals surface area contributed by atoms with Crippen molar-refractivity contribution in [2.24, 2.45) is 5.41 Å². The Morgan fingerprint density at radius 3 is 2.44 bits per heavy atom. The lowest BCUT2D eigenvalue weighted by Gasteiger charge is -2.58. The van der Waals surface area contributed by atoms with E-state index in [-0.39, 0.29) is 16.7 Å². The largest absolute Gasteiger partial charge is 0.384 e. The third-order valence-corrected chi connectivity index (χ3v) is 9.22. The van der Waals surface area contributed by atoms with Gasteiger partial charge in [0.15, 0.2) is 0 Å². The zero-order valence-corrected chi connectivity index (χ0v) is 21.0. The zero-order valence-electron chi connectivity index (χ0n) is 21.0. The van der Waals surface area contributed by atoms with Crippen molar-refractivity contribution in [3.63, 3.8) is 0 Å². The van der Waals surface area contributed by atoms with E-state index in [0.717, 1.165) is 30.3 Å². The summed E-state index contributed by atoms with van der Waals surface area (Å²) in [6.07, 6.45) is 9.79. The number of aromatic nitrogens is 4. The van der Waals surface area contributed by atoms with Gasteiger partial charge in [-0.25, -0.2) is 4.98 Å². The smallest absolute Gasteiger partial charge is 0.203 e. The van der Waals surface area contributed by atoms with Crippen LogP contribution in [0.1, 0.15) is 74.0 Å². The van der Waals surface area contributed by atoms with E-state index in [1.807, 2.05) is 13.2 Å². The molecular formula is C30H35N5O. The van der Waals surface area contributed by atoms with Gasteiger partial charge >= 0.3 is 0 Å². The van der Waals surface area contributed by atoms with Gasteiger partial charge in [-0.1, -0.05) is 67.1 Å². The summed E-state index contributed by atoms with van der Waals surface area (Å²) in [7, 11) is 1.92. The van der Waals surface area contributed by atoms with E-state index < -0.39 is 0 Å². The van der Waals surface area contributed by atoms with Gasteiger partial charge in [-0.3, -0.25) is 0 Å². The van der Waals surface area contributed by atoms with Gasteiger partial charge in [-0.15, -0.1) is 5.10 Å². The van der Waals surface area contributed by atoms with E-state index in [9.17, 15) is 0 Å². The molecule has 0 amide bonds. The van der Waals surface area contributed by atoms with Gasteiger partial charge in [0.2, 0.25) is 5.65 Å². The number of fused-ring (bicyclic) bond motifs is 4. The van der Waals surface area contributed by atoms with E-state index in [1.54, 1.807) is 0 Å². The highest BCUT2D eigenvalue weighted by Gasteiger charge is 2.54. The molecule has 3 aliphatic rings. The molecular weight excluding hydrogens is 446 g/mol.